The quantitative estimate of drug-likeness (QED) is 0.754. The van der Waals surface area contributed by atoms with Crippen LogP contribution in [-0.2, 0) is 14.3 Å². The summed E-state index contributed by atoms with van der Waals surface area (Å²) in [6.07, 6.45) is -0.663. The minimum Gasteiger partial charge on any atom is -0.480 e. The van der Waals surface area contributed by atoms with E-state index < -0.39 is 12.1 Å². The smallest absolute Gasteiger partial charge is 0.325 e. The number of esters is 1. The van der Waals surface area contributed by atoms with E-state index in [1.165, 1.54) is 4.90 Å². The van der Waals surface area contributed by atoms with Gasteiger partial charge in [-0.15, -0.1) is 0 Å². The average Bonchev–Trinajstić information content (AvgIpc) is 2.42. The van der Waals surface area contributed by atoms with Gasteiger partial charge in [0.2, 0.25) is 0 Å². The molecule has 0 aromatic heterocycles. The molecule has 116 valence electrons. The minimum absolute atomic E-state index is 0.0763. The molecule has 21 heavy (non-hydrogen) atoms. The molecule has 5 nitrogen and oxygen atoms in total. The first-order chi connectivity index (χ1) is 9.86. The number of likely N-dealkylation sites (N-methyl/N-ethyl adjacent to an activating group) is 1. The molecule has 0 aliphatic rings. The summed E-state index contributed by atoms with van der Waals surface area (Å²) < 4.78 is 10.6. The molecule has 0 spiro atoms. The minimum atomic E-state index is -0.663. The zero-order chi connectivity index (χ0) is 16.0. The summed E-state index contributed by atoms with van der Waals surface area (Å²) >= 11 is 0. The number of hydrogen-bond acceptors (Lipinski definition) is 4. The number of carbonyl (C=O) groups excluding carboxylic acids is 2. The second kappa shape index (κ2) is 7.67. The molecule has 1 unspecified atom stereocenters. The van der Waals surface area contributed by atoms with Crippen LogP contribution in [0.4, 0.5) is 0 Å². The molecular formula is C16H23NO4. The Labute approximate surface area is 125 Å². The number of nitrogens with zero attached hydrogens (tertiary/aromatic N) is 1. The van der Waals surface area contributed by atoms with Crippen molar-refractivity contribution < 1.29 is 19.1 Å². The van der Waals surface area contributed by atoms with E-state index in [4.69, 9.17) is 9.47 Å². The fraction of sp³-hybridized carbons (Fsp3) is 0.500. The lowest BCUT2D eigenvalue weighted by Gasteiger charge is -2.22. The van der Waals surface area contributed by atoms with Crippen LogP contribution in [0.25, 0.3) is 0 Å². The third-order valence-electron chi connectivity index (χ3n) is 3.10. The molecule has 0 radical (unpaired) electrons. The molecule has 0 saturated heterocycles. The number of ether oxygens (including phenoxy) is 2. The van der Waals surface area contributed by atoms with E-state index in [0.29, 0.717) is 12.4 Å². The van der Waals surface area contributed by atoms with Gasteiger partial charge in [0.05, 0.1) is 6.61 Å². The third kappa shape index (κ3) is 4.77. The van der Waals surface area contributed by atoms with Crippen molar-refractivity contribution >= 4 is 11.9 Å². The fourth-order valence-electron chi connectivity index (χ4n) is 2.00. The fourth-order valence-corrected chi connectivity index (χ4v) is 2.00. The van der Waals surface area contributed by atoms with E-state index in [2.05, 4.69) is 0 Å². The number of carbonyl (C=O) groups is 2. The first-order valence-corrected chi connectivity index (χ1v) is 7.00. The van der Waals surface area contributed by atoms with E-state index in [0.717, 1.165) is 11.1 Å². The number of rotatable bonds is 6. The van der Waals surface area contributed by atoms with Crippen LogP contribution in [0.15, 0.2) is 18.2 Å². The van der Waals surface area contributed by atoms with Crippen LogP contribution in [0.3, 0.4) is 0 Å². The van der Waals surface area contributed by atoms with Gasteiger partial charge >= 0.3 is 5.97 Å². The highest BCUT2D eigenvalue weighted by atomic mass is 16.5. The van der Waals surface area contributed by atoms with Crippen molar-refractivity contribution in [3.63, 3.8) is 0 Å². The molecule has 0 N–H and O–H groups in total. The Bertz CT molecular complexity index is 493. The highest BCUT2D eigenvalue weighted by molar-refractivity contribution is 5.84. The number of hydrogen-bond donors (Lipinski definition) is 0. The SMILES string of the molecule is CCOC(=O)CN(C)C(=O)C(C)Oc1c(C)cccc1C. The van der Waals surface area contributed by atoms with Gasteiger partial charge in [0.25, 0.3) is 5.91 Å². The summed E-state index contributed by atoms with van der Waals surface area (Å²) in [7, 11) is 1.56. The van der Waals surface area contributed by atoms with E-state index in [-0.39, 0.29) is 12.5 Å². The molecule has 1 aromatic carbocycles. The average molecular weight is 293 g/mol. The molecule has 0 aliphatic heterocycles. The van der Waals surface area contributed by atoms with Crippen molar-refractivity contribution in [3.8, 4) is 5.75 Å². The Morgan fingerprint density at radius 3 is 2.33 bits per heavy atom. The van der Waals surface area contributed by atoms with Gasteiger partial charge in [-0.2, -0.15) is 0 Å². The van der Waals surface area contributed by atoms with Crippen LogP contribution in [0, 0.1) is 13.8 Å². The van der Waals surface area contributed by atoms with Gasteiger partial charge in [0.15, 0.2) is 6.10 Å². The molecule has 0 bridgehead atoms. The number of benzene rings is 1. The van der Waals surface area contributed by atoms with E-state index in [1.807, 2.05) is 32.0 Å². The monoisotopic (exact) mass is 293 g/mol. The molecule has 0 fully saturated rings. The van der Waals surface area contributed by atoms with Gasteiger partial charge in [-0.1, -0.05) is 18.2 Å². The second-order valence-corrected chi connectivity index (χ2v) is 4.98. The van der Waals surface area contributed by atoms with Crippen LogP contribution in [0.1, 0.15) is 25.0 Å². The van der Waals surface area contributed by atoms with Gasteiger partial charge in [-0.05, 0) is 38.8 Å². The highest BCUT2D eigenvalue weighted by Gasteiger charge is 2.22. The predicted octanol–water partition coefficient (Wildman–Crippen LogP) is 2.09. The summed E-state index contributed by atoms with van der Waals surface area (Å²) in [4.78, 5) is 24.9. The Hall–Kier alpha value is -2.04. The zero-order valence-electron chi connectivity index (χ0n) is 13.3. The summed E-state index contributed by atoms with van der Waals surface area (Å²) in [5.74, 6) is 0.0289. The summed E-state index contributed by atoms with van der Waals surface area (Å²) in [6.45, 7) is 7.49. The first-order valence-electron chi connectivity index (χ1n) is 7.00. The second-order valence-electron chi connectivity index (χ2n) is 4.98. The highest BCUT2D eigenvalue weighted by Crippen LogP contribution is 2.23. The number of para-hydroxylation sites is 1. The van der Waals surface area contributed by atoms with Gasteiger partial charge < -0.3 is 14.4 Å². The maximum Gasteiger partial charge on any atom is 0.325 e. The van der Waals surface area contributed by atoms with Crippen molar-refractivity contribution in [2.45, 2.75) is 33.8 Å². The maximum absolute atomic E-state index is 12.2. The topological polar surface area (TPSA) is 55.8 Å². The van der Waals surface area contributed by atoms with Crippen LogP contribution in [0.5, 0.6) is 5.75 Å². The lowest BCUT2D eigenvalue weighted by Crippen LogP contribution is -2.41. The lowest BCUT2D eigenvalue weighted by molar-refractivity contribution is -0.150. The summed E-state index contributed by atoms with van der Waals surface area (Å²) in [5.41, 5.74) is 1.95. The van der Waals surface area contributed by atoms with E-state index in [1.54, 1.807) is 20.9 Å². The van der Waals surface area contributed by atoms with Gasteiger partial charge in [0, 0.05) is 7.05 Å². The Morgan fingerprint density at radius 2 is 1.81 bits per heavy atom. The third-order valence-corrected chi connectivity index (χ3v) is 3.10. The summed E-state index contributed by atoms with van der Waals surface area (Å²) in [5, 5.41) is 0. The molecular weight excluding hydrogens is 270 g/mol. The molecule has 0 saturated carbocycles. The van der Waals surface area contributed by atoms with Crippen molar-refractivity contribution in [2.24, 2.45) is 0 Å². The largest absolute Gasteiger partial charge is 0.480 e. The lowest BCUT2D eigenvalue weighted by atomic mass is 10.1. The van der Waals surface area contributed by atoms with Crippen LogP contribution in [-0.4, -0.2) is 43.1 Å². The van der Waals surface area contributed by atoms with Gasteiger partial charge in [-0.3, -0.25) is 9.59 Å². The maximum atomic E-state index is 12.2. The first kappa shape index (κ1) is 17.0. The van der Waals surface area contributed by atoms with Gasteiger partial charge in [0.1, 0.15) is 12.3 Å². The molecule has 5 heteroatoms. The Kier molecular flexibility index (Phi) is 6.21. The van der Waals surface area contributed by atoms with Crippen molar-refractivity contribution in [1.29, 1.82) is 0 Å². The molecule has 0 aliphatic carbocycles. The van der Waals surface area contributed by atoms with Crippen LogP contribution in [0.2, 0.25) is 0 Å². The predicted molar refractivity (Wildman–Crippen MR) is 80.3 cm³/mol. The summed E-state index contributed by atoms with van der Waals surface area (Å²) in [6, 6.07) is 5.81. The normalized spacial score (nSPS) is 11.7. The van der Waals surface area contributed by atoms with E-state index >= 15 is 0 Å². The van der Waals surface area contributed by atoms with Crippen molar-refractivity contribution in [1.82, 2.24) is 4.90 Å². The zero-order valence-corrected chi connectivity index (χ0v) is 13.3. The molecule has 0 heterocycles. The molecule has 1 amide bonds. The Morgan fingerprint density at radius 1 is 1.24 bits per heavy atom. The standard InChI is InChI=1S/C16H23NO4/c1-6-20-14(18)10-17(5)16(19)13(4)21-15-11(2)8-7-9-12(15)3/h7-9,13H,6,10H2,1-5H3. The van der Waals surface area contributed by atoms with Crippen LogP contribution < -0.4 is 4.74 Å². The van der Waals surface area contributed by atoms with Gasteiger partial charge in [-0.25, -0.2) is 0 Å². The van der Waals surface area contributed by atoms with E-state index in [9.17, 15) is 9.59 Å². The molecule has 1 atom stereocenters. The van der Waals surface area contributed by atoms with Crippen molar-refractivity contribution in [2.75, 3.05) is 20.2 Å². The molecule has 1 rings (SSSR count). The molecule has 1 aromatic rings. The van der Waals surface area contributed by atoms with Crippen molar-refractivity contribution in [3.05, 3.63) is 29.3 Å². The Balaban J connectivity index is 2.68. The number of amides is 1. The van der Waals surface area contributed by atoms with Crippen LogP contribution >= 0.6 is 0 Å². The number of aryl methyl sites for hydroxylation is 2.